The summed E-state index contributed by atoms with van der Waals surface area (Å²) >= 11 is 5.73. The van der Waals surface area contributed by atoms with Crippen molar-refractivity contribution in [2.24, 2.45) is 0 Å². The average molecular weight is 288 g/mol. The number of halogens is 1. The Hall–Kier alpha value is -1.26. The van der Waals surface area contributed by atoms with E-state index in [-0.39, 0.29) is 0 Å². The Bertz CT molecular complexity index is 394. The molecule has 0 amide bonds. The first-order valence-corrected chi connectivity index (χ1v) is 6.75. The highest BCUT2D eigenvalue weighted by Crippen LogP contribution is 2.22. The number of hydrogen-bond acceptors (Lipinski definition) is 3. The molecule has 0 aromatic heterocycles. The van der Waals surface area contributed by atoms with Crippen LogP contribution < -0.4 is 15.2 Å². The third kappa shape index (κ3) is 7.70. The lowest BCUT2D eigenvalue weighted by atomic mass is 10.2. The fourth-order valence-electron chi connectivity index (χ4n) is 1.27. The van der Waals surface area contributed by atoms with Gasteiger partial charge in [-0.2, -0.15) is 0 Å². The number of benzene rings is 1. The van der Waals surface area contributed by atoms with Crippen molar-refractivity contribution in [2.75, 3.05) is 13.1 Å². The second kappa shape index (κ2) is 9.64. The quantitative estimate of drug-likeness (QED) is 0.869. The minimum atomic E-state index is -1.24. The van der Waals surface area contributed by atoms with Gasteiger partial charge in [0, 0.05) is 5.02 Å². The van der Waals surface area contributed by atoms with Gasteiger partial charge in [-0.25, -0.2) is 0 Å². The molecule has 0 unspecified atom stereocenters. The summed E-state index contributed by atoms with van der Waals surface area (Å²) in [6, 6.07) is 4.99. The van der Waals surface area contributed by atoms with Crippen molar-refractivity contribution < 1.29 is 20.0 Å². The maximum absolute atomic E-state index is 10.4. The van der Waals surface area contributed by atoms with Crippen molar-refractivity contribution in [2.45, 2.75) is 33.8 Å². The van der Waals surface area contributed by atoms with Crippen LogP contribution in [0.15, 0.2) is 18.2 Å². The molecular weight excluding hydrogens is 266 g/mol. The molecule has 0 saturated carbocycles. The molecule has 4 nitrogen and oxygen atoms in total. The van der Waals surface area contributed by atoms with Crippen LogP contribution in [0.1, 0.15) is 26.3 Å². The largest absolute Gasteiger partial charge is 0.546 e. The molecule has 19 heavy (non-hydrogen) atoms. The number of quaternary nitrogens is 1. The Labute approximate surface area is 119 Å². The monoisotopic (exact) mass is 287 g/mol. The standard InChI is InChI=1S/C10H11ClO3.C4H11N/c1-6-5-8(11)3-4-9(6)14-7(2)10(12)13;1-3-5-4-2/h3-5,7H,1-2H3,(H,12,13);5H,3-4H2,1-2H3/t7-;/m1./s1. The van der Waals surface area contributed by atoms with E-state index in [4.69, 9.17) is 16.3 Å². The number of carboxylic acid groups (broad SMARTS) is 1. The van der Waals surface area contributed by atoms with Gasteiger partial charge in [-0.15, -0.1) is 0 Å². The van der Waals surface area contributed by atoms with Crippen molar-refractivity contribution in [1.82, 2.24) is 0 Å². The molecule has 1 atom stereocenters. The fourth-order valence-corrected chi connectivity index (χ4v) is 1.50. The predicted molar refractivity (Wildman–Crippen MR) is 74.3 cm³/mol. The zero-order valence-corrected chi connectivity index (χ0v) is 12.7. The summed E-state index contributed by atoms with van der Waals surface area (Å²) in [5, 5.41) is 13.3. The zero-order valence-electron chi connectivity index (χ0n) is 11.9. The molecule has 0 radical (unpaired) electrons. The smallest absolute Gasteiger partial charge is 0.135 e. The van der Waals surface area contributed by atoms with Gasteiger partial charge < -0.3 is 20.0 Å². The zero-order chi connectivity index (χ0) is 14.8. The highest BCUT2D eigenvalue weighted by molar-refractivity contribution is 6.30. The van der Waals surface area contributed by atoms with Crippen molar-refractivity contribution in [3.05, 3.63) is 28.8 Å². The number of aryl methyl sites for hydroxylation is 1. The Morgan fingerprint density at radius 3 is 2.37 bits per heavy atom. The maximum atomic E-state index is 10.4. The number of aliphatic carboxylic acids is 1. The Morgan fingerprint density at radius 1 is 1.42 bits per heavy atom. The molecule has 0 saturated heterocycles. The lowest BCUT2D eigenvalue weighted by Crippen LogP contribution is -2.82. The first-order valence-electron chi connectivity index (χ1n) is 6.37. The third-order valence-corrected chi connectivity index (χ3v) is 2.59. The van der Waals surface area contributed by atoms with Crippen LogP contribution in [0.25, 0.3) is 0 Å². The van der Waals surface area contributed by atoms with E-state index in [1.54, 1.807) is 25.1 Å². The predicted octanol–water partition coefficient (Wildman–Crippen LogP) is 0.755. The first kappa shape index (κ1) is 17.7. The summed E-state index contributed by atoms with van der Waals surface area (Å²) in [7, 11) is 0. The summed E-state index contributed by atoms with van der Waals surface area (Å²) in [5.74, 6) is -0.731. The van der Waals surface area contributed by atoms with E-state index in [9.17, 15) is 9.90 Å². The lowest BCUT2D eigenvalue weighted by molar-refractivity contribution is -0.648. The molecular formula is C14H22ClNO3. The summed E-state index contributed by atoms with van der Waals surface area (Å²) < 4.78 is 5.14. The summed E-state index contributed by atoms with van der Waals surface area (Å²) in [4.78, 5) is 10.4. The molecule has 2 N–H and O–H groups in total. The molecule has 5 heteroatoms. The molecule has 0 bridgehead atoms. The molecule has 0 aliphatic heterocycles. The van der Waals surface area contributed by atoms with Crippen molar-refractivity contribution >= 4 is 17.6 Å². The summed E-state index contributed by atoms with van der Waals surface area (Å²) in [5.41, 5.74) is 0.797. The Kier molecular flexibility index (Phi) is 9.00. The van der Waals surface area contributed by atoms with E-state index in [1.165, 1.54) is 20.0 Å². The second-order valence-electron chi connectivity index (χ2n) is 4.09. The summed E-state index contributed by atoms with van der Waals surface area (Å²) in [6.07, 6.45) is -0.963. The Balaban J connectivity index is 0.000000555. The third-order valence-electron chi connectivity index (χ3n) is 2.35. The maximum Gasteiger partial charge on any atom is 0.135 e. The molecule has 0 aliphatic carbocycles. The van der Waals surface area contributed by atoms with E-state index < -0.39 is 12.1 Å². The van der Waals surface area contributed by atoms with Gasteiger partial charge in [0.25, 0.3) is 0 Å². The van der Waals surface area contributed by atoms with E-state index in [2.05, 4.69) is 19.2 Å². The van der Waals surface area contributed by atoms with Gasteiger partial charge in [-0.3, -0.25) is 0 Å². The fraction of sp³-hybridized carbons (Fsp3) is 0.500. The van der Waals surface area contributed by atoms with E-state index in [0.717, 1.165) is 5.56 Å². The molecule has 1 rings (SSSR count). The van der Waals surface area contributed by atoms with E-state index in [1.807, 2.05) is 0 Å². The van der Waals surface area contributed by atoms with Gasteiger partial charge in [0.05, 0.1) is 19.1 Å². The van der Waals surface area contributed by atoms with Gasteiger partial charge >= 0.3 is 0 Å². The number of carboxylic acids is 1. The number of ether oxygens (including phenoxy) is 1. The van der Waals surface area contributed by atoms with Crippen LogP contribution in [0.2, 0.25) is 5.02 Å². The normalized spacial score (nSPS) is 11.2. The van der Waals surface area contributed by atoms with Gasteiger partial charge in [-0.1, -0.05) is 11.6 Å². The van der Waals surface area contributed by atoms with Crippen molar-refractivity contribution in [3.8, 4) is 5.75 Å². The van der Waals surface area contributed by atoms with Gasteiger partial charge in [0.2, 0.25) is 0 Å². The lowest BCUT2D eigenvalue weighted by Gasteiger charge is -2.16. The van der Waals surface area contributed by atoms with Crippen LogP contribution in [-0.4, -0.2) is 25.2 Å². The first-order chi connectivity index (χ1) is 8.92. The number of carbonyl (C=O) groups excluding carboxylic acids is 1. The highest BCUT2D eigenvalue weighted by Gasteiger charge is 2.06. The van der Waals surface area contributed by atoms with Crippen molar-refractivity contribution in [3.63, 3.8) is 0 Å². The molecule has 1 aromatic carbocycles. The molecule has 0 fully saturated rings. The summed E-state index contributed by atoms with van der Waals surface area (Å²) in [6.45, 7) is 9.96. The SMILES string of the molecule is CC[NH2+]CC.Cc1cc(Cl)ccc1O[C@H](C)C(=O)[O-]. The van der Waals surface area contributed by atoms with Crippen LogP contribution in [-0.2, 0) is 4.79 Å². The molecule has 0 heterocycles. The van der Waals surface area contributed by atoms with Crippen LogP contribution in [0.5, 0.6) is 5.75 Å². The van der Waals surface area contributed by atoms with Gasteiger partial charge in [0.1, 0.15) is 11.9 Å². The minimum absolute atomic E-state index is 0.506. The van der Waals surface area contributed by atoms with Crippen LogP contribution in [0.3, 0.4) is 0 Å². The van der Waals surface area contributed by atoms with Gasteiger partial charge in [0.15, 0.2) is 0 Å². The number of rotatable bonds is 5. The number of carbonyl (C=O) groups is 1. The topological polar surface area (TPSA) is 66.0 Å². The van der Waals surface area contributed by atoms with Crippen LogP contribution >= 0.6 is 11.6 Å². The second-order valence-corrected chi connectivity index (χ2v) is 4.53. The van der Waals surface area contributed by atoms with Crippen LogP contribution in [0.4, 0.5) is 0 Å². The Morgan fingerprint density at radius 2 is 2.00 bits per heavy atom. The average Bonchev–Trinajstić information content (AvgIpc) is 2.34. The van der Waals surface area contributed by atoms with E-state index >= 15 is 0 Å². The van der Waals surface area contributed by atoms with E-state index in [0.29, 0.717) is 10.8 Å². The number of hydrogen-bond donors (Lipinski definition) is 1. The molecule has 0 spiro atoms. The van der Waals surface area contributed by atoms with Gasteiger partial charge in [-0.05, 0) is 51.5 Å². The van der Waals surface area contributed by atoms with Crippen LogP contribution in [0, 0.1) is 6.92 Å². The molecule has 108 valence electrons. The van der Waals surface area contributed by atoms with Crippen molar-refractivity contribution in [1.29, 1.82) is 0 Å². The molecule has 0 aliphatic rings. The minimum Gasteiger partial charge on any atom is -0.546 e. The highest BCUT2D eigenvalue weighted by atomic mass is 35.5. The number of nitrogens with two attached hydrogens (primary N) is 1. The molecule has 1 aromatic rings.